The number of nitrogens with one attached hydrogen (secondary N) is 1. The van der Waals surface area contributed by atoms with Crippen molar-refractivity contribution in [3.63, 3.8) is 0 Å². The Morgan fingerprint density at radius 1 is 1.11 bits per heavy atom. The van der Waals surface area contributed by atoms with Gasteiger partial charge in [0.05, 0.1) is 19.4 Å². The summed E-state index contributed by atoms with van der Waals surface area (Å²) in [6.07, 6.45) is 5.24. The lowest BCUT2D eigenvalue weighted by molar-refractivity contribution is -0.120. The molecule has 1 aromatic carbocycles. The minimum absolute atomic E-state index is 0.0764. The van der Waals surface area contributed by atoms with Crippen LogP contribution < -0.4 is 10.2 Å². The lowest BCUT2D eigenvalue weighted by Gasteiger charge is -2.39. The number of anilines is 2. The van der Waals surface area contributed by atoms with E-state index in [-0.39, 0.29) is 11.9 Å². The van der Waals surface area contributed by atoms with E-state index in [9.17, 15) is 4.79 Å². The van der Waals surface area contributed by atoms with Gasteiger partial charge in [-0.1, -0.05) is 30.3 Å². The summed E-state index contributed by atoms with van der Waals surface area (Å²) >= 11 is 0. The van der Waals surface area contributed by atoms with Crippen LogP contribution in [-0.4, -0.2) is 46.7 Å². The summed E-state index contributed by atoms with van der Waals surface area (Å²) in [5.74, 6) is 1.27. The van der Waals surface area contributed by atoms with E-state index < -0.39 is 0 Å². The van der Waals surface area contributed by atoms with Gasteiger partial charge in [0, 0.05) is 30.1 Å². The molecule has 1 N–H and O–H groups in total. The Bertz CT molecular complexity index is 1010. The largest absolute Gasteiger partial charge is 0.377 e. The van der Waals surface area contributed by atoms with Crippen LogP contribution in [0.2, 0.25) is 0 Å². The molecule has 2 aliphatic rings. The highest BCUT2D eigenvalue weighted by Crippen LogP contribution is 2.35. The van der Waals surface area contributed by atoms with Crippen molar-refractivity contribution in [1.29, 1.82) is 0 Å². The fourth-order valence-corrected chi connectivity index (χ4v) is 3.54. The Balaban J connectivity index is 1.62. The summed E-state index contributed by atoms with van der Waals surface area (Å²) in [5, 5.41) is 2.89. The highest BCUT2D eigenvalue weighted by atomic mass is 16.5. The average molecular weight is 359 g/mol. The number of carbonyl (C=O) groups is 1. The highest BCUT2D eigenvalue weighted by molar-refractivity contribution is 6.03. The fraction of sp³-hybridized carbons (Fsp3) is 0.200. The van der Waals surface area contributed by atoms with E-state index in [0.29, 0.717) is 31.3 Å². The first-order chi connectivity index (χ1) is 13.3. The summed E-state index contributed by atoms with van der Waals surface area (Å²) in [5.41, 5.74) is 3.56. The fourth-order valence-electron chi connectivity index (χ4n) is 3.54. The quantitative estimate of drug-likeness (QED) is 0.757. The number of morpholine rings is 1. The van der Waals surface area contributed by atoms with Crippen LogP contribution in [0.5, 0.6) is 0 Å². The maximum absolute atomic E-state index is 12.3. The van der Waals surface area contributed by atoms with Gasteiger partial charge in [-0.05, 0) is 11.6 Å². The molecule has 1 saturated heterocycles. The number of rotatable bonds is 2. The van der Waals surface area contributed by atoms with Crippen molar-refractivity contribution in [2.24, 2.45) is 0 Å². The predicted octanol–water partition coefficient (Wildman–Crippen LogP) is 2.36. The van der Waals surface area contributed by atoms with Crippen molar-refractivity contribution >= 4 is 17.4 Å². The normalized spacial score (nSPS) is 18.4. The summed E-state index contributed by atoms with van der Waals surface area (Å²) < 4.78 is 5.46. The zero-order valence-electron chi connectivity index (χ0n) is 14.5. The Kier molecular flexibility index (Phi) is 3.79. The smallest absolute Gasteiger partial charge is 0.249 e. The summed E-state index contributed by atoms with van der Waals surface area (Å²) in [7, 11) is 0. The highest BCUT2D eigenvalue weighted by Gasteiger charge is 2.36. The van der Waals surface area contributed by atoms with E-state index in [2.05, 4.69) is 15.3 Å². The molecule has 1 atom stereocenters. The third-order valence-electron chi connectivity index (χ3n) is 4.88. The maximum Gasteiger partial charge on any atom is 0.249 e. The Morgan fingerprint density at radius 3 is 2.89 bits per heavy atom. The zero-order chi connectivity index (χ0) is 18.2. The Hall–Kier alpha value is -3.32. The van der Waals surface area contributed by atoms with Gasteiger partial charge < -0.3 is 15.0 Å². The second-order valence-electron chi connectivity index (χ2n) is 6.49. The lowest BCUT2D eigenvalue weighted by Crippen LogP contribution is -2.55. The van der Waals surface area contributed by atoms with Crippen molar-refractivity contribution in [3.8, 4) is 22.5 Å². The number of carbonyl (C=O) groups excluding carboxylic acids is 1. The van der Waals surface area contributed by atoms with E-state index in [1.54, 1.807) is 12.4 Å². The van der Waals surface area contributed by atoms with Crippen molar-refractivity contribution < 1.29 is 9.53 Å². The first kappa shape index (κ1) is 15.9. The molecule has 0 radical (unpaired) electrons. The van der Waals surface area contributed by atoms with Gasteiger partial charge in [-0.15, -0.1) is 0 Å². The number of ether oxygens (including phenoxy) is 1. The van der Waals surface area contributed by atoms with Crippen molar-refractivity contribution in [2.75, 3.05) is 30.0 Å². The second kappa shape index (κ2) is 6.44. The molecule has 2 aromatic heterocycles. The van der Waals surface area contributed by atoms with Gasteiger partial charge in [0.25, 0.3) is 0 Å². The maximum atomic E-state index is 12.3. The van der Waals surface area contributed by atoms with Gasteiger partial charge in [-0.2, -0.15) is 0 Å². The van der Waals surface area contributed by atoms with Crippen LogP contribution in [0, 0.1) is 0 Å². The first-order valence-corrected chi connectivity index (χ1v) is 8.83. The molecule has 0 aliphatic carbocycles. The molecule has 1 unspecified atom stereocenters. The van der Waals surface area contributed by atoms with Gasteiger partial charge in [-0.3, -0.25) is 9.78 Å². The van der Waals surface area contributed by atoms with E-state index in [0.717, 1.165) is 22.5 Å². The number of aromatic nitrogens is 3. The predicted molar refractivity (Wildman–Crippen MR) is 101 cm³/mol. The minimum Gasteiger partial charge on any atom is -0.377 e. The number of amides is 1. The summed E-state index contributed by atoms with van der Waals surface area (Å²) in [6, 6.07) is 11.6. The number of fused-ring (bicyclic) bond motifs is 3. The SMILES string of the molecule is O=C1Nc2cnc(-c3ccncc3-c3ccccc3)nc2N2CCOCC12. The van der Waals surface area contributed by atoms with E-state index in [1.807, 2.05) is 47.5 Å². The number of benzene rings is 1. The van der Waals surface area contributed by atoms with Gasteiger partial charge >= 0.3 is 0 Å². The molecule has 0 bridgehead atoms. The number of nitrogens with zero attached hydrogens (tertiary/aromatic N) is 4. The second-order valence-corrected chi connectivity index (χ2v) is 6.49. The molecule has 1 fully saturated rings. The number of hydrogen-bond acceptors (Lipinski definition) is 6. The minimum atomic E-state index is -0.347. The Labute approximate surface area is 156 Å². The van der Waals surface area contributed by atoms with E-state index in [1.165, 1.54) is 0 Å². The molecule has 7 heteroatoms. The molecular formula is C20H17N5O2. The number of pyridine rings is 1. The van der Waals surface area contributed by atoms with Crippen LogP contribution in [0.25, 0.3) is 22.5 Å². The Morgan fingerprint density at radius 2 is 2.00 bits per heavy atom. The van der Waals surface area contributed by atoms with Gasteiger partial charge in [-0.25, -0.2) is 9.97 Å². The molecule has 0 spiro atoms. The molecule has 4 heterocycles. The molecule has 0 saturated carbocycles. The summed E-state index contributed by atoms with van der Waals surface area (Å²) in [6.45, 7) is 1.58. The molecule has 1 amide bonds. The first-order valence-electron chi connectivity index (χ1n) is 8.83. The van der Waals surface area contributed by atoms with E-state index in [4.69, 9.17) is 9.72 Å². The molecule has 27 heavy (non-hydrogen) atoms. The van der Waals surface area contributed by atoms with Crippen LogP contribution in [0.1, 0.15) is 0 Å². The summed E-state index contributed by atoms with van der Waals surface area (Å²) in [4.78, 5) is 27.9. The molecule has 5 rings (SSSR count). The van der Waals surface area contributed by atoms with Crippen molar-refractivity contribution in [3.05, 3.63) is 55.0 Å². The van der Waals surface area contributed by atoms with Crippen LogP contribution in [-0.2, 0) is 9.53 Å². The molecular weight excluding hydrogens is 342 g/mol. The number of hydrogen-bond donors (Lipinski definition) is 1. The molecule has 2 aliphatic heterocycles. The zero-order valence-corrected chi connectivity index (χ0v) is 14.5. The van der Waals surface area contributed by atoms with Crippen molar-refractivity contribution in [1.82, 2.24) is 15.0 Å². The third-order valence-corrected chi connectivity index (χ3v) is 4.88. The molecule has 7 nitrogen and oxygen atoms in total. The topological polar surface area (TPSA) is 80.2 Å². The third kappa shape index (κ3) is 2.72. The monoisotopic (exact) mass is 359 g/mol. The van der Waals surface area contributed by atoms with Gasteiger partial charge in [0.2, 0.25) is 5.91 Å². The van der Waals surface area contributed by atoms with Crippen molar-refractivity contribution in [2.45, 2.75) is 6.04 Å². The average Bonchev–Trinajstić information content (AvgIpc) is 2.74. The standard InChI is InChI=1S/C20H17N5O2/c26-20-17-12-27-9-8-25(17)19-16(23-20)11-22-18(24-19)14-6-7-21-10-15(14)13-4-2-1-3-5-13/h1-7,10-11,17H,8-9,12H2,(H,23,26). The van der Waals surface area contributed by atoms with E-state index >= 15 is 0 Å². The molecule has 3 aromatic rings. The van der Waals surface area contributed by atoms with Gasteiger partial charge in [0.15, 0.2) is 11.6 Å². The van der Waals surface area contributed by atoms with Crippen LogP contribution in [0.15, 0.2) is 55.0 Å². The van der Waals surface area contributed by atoms with Crippen LogP contribution in [0.3, 0.4) is 0 Å². The van der Waals surface area contributed by atoms with Crippen LogP contribution in [0.4, 0.5) is 11.5 Å². The lowest BCUT2D eigenvalue weighted by atomic mass is 10.0. The van der Waals surface area contributed by atoms with Crippen LogP contribution >= 0.6 is 0 Å². The van der Waals surface area contributed by atoms with Gasteiger partial charge in [0.1, 0.15) is 11.7 Å². The molecule has 134 valence electrons.